The van der Waals surface area contributed by atoms with Crippen LogP contribution in [0.25, 0.3) is 0 Å². The molecule has 0 aliphatic carbocycles. The SMILES string of the molecule is CCN(CC)C(=O)[C@@H]1C[C@@H](N)CN1Cc1nc[nH]c1C. The monoisotopic (exact) mass is 279 g/mol. The molecular formula is C14H25N5O. The minimum atomic E-state index is -0.110. The van der Waals surface area contributed by atoms with E-state index in [1.54, 1.807) is 6.33 Å². The van der Waals surface area contributed by atoms with E-state index in [0.29, 0.717) is 6.54 Å². The zero-order valence-electron chi connectivity index (χ0n) is 12.6. The minimum Gasteiger partial charge on any atom is -0.348 e. The highest BCUT2D eigenvalue weighted by Crippen LogP contribution is 2.21. The number of imidazole rings is 1. The van der Waals surface area contributed by atoms with Gasteiger partial charge in [0.1, 0.15) is 0 Å². The van der Waals surface area contributed by atoms with Gasteiger partial charge < -0.3 is 15.6 Å². The van der Waals surface area contributed by atoms with Crippen LogP contribution in [0.15, 0.2) is 6.33 Å². The zero-order valence-corrected chi connectivity index (χ0v) is 12.6. The molecule has 1 aromatic heterocycles. The van der Waals surface area contributed by atoms with Crippen molar-refractivity contribution in [2.24, 2.45) is 5.73 Å². The summed E-state index contributed by atoms with van der Waals surface area (Å²) in [5, 5.41) is 0. The van der Waals surface area contributed by atoms with Crippen LogP contribution < -0.4 is 5.73 Å². The van der Waals surface area contributed by atoms with Crippen molar-refractivity contribution in [3.05, 3.63) is 17.7 Å². The van der Waals surface area contributed by atoms with E-state index in [2.05, 4.69) is 14.9 Å². The number of likely N-dealkylation sites (tertiary alicyclic amines) is 1. The maximum atomic E-state index is 12.6. The lowest BCUT2D eigenvalue weighted by atomic mass is 10.1. The van der Waals surface area contributed by atoms with Gasteiger partial charge in [0.25, 0.3) is 0 Å². The fourth-order valence-corrected chi connectivity index (χ4v) is 2.86. The number of carbonyl (C=O) groups excluding carboxylic acids is 1. The van der Waals surface area contributed by atoms with Gasteiger partial charge in [0.15, 0.2) is 0 Å². The third kappa shape index (κ3) is 3.02. The van der Waals surface area contributed by atoms with Crippen molar-refractivity contribution in [2.75, 3.05) is 19.6 Å². The second-order valence-electron chi connectivity index (χ2n) is 5.43. The molecule has 3 N–H and O–H groups in total. The van der Waals surface area contributed by atoms with E-state index in [1.165, 1.54) is 0 Å². The molecule has 6 nitrogen and oxygen atoms in total. The number of aryl methyl sites for hydroxylation is 1. The smallest absolute Gasteiger partial charge is 0.239 e. The largest absolute Gasteiger partial charge is 0.348 e. The zero-order chi connectivity index (χ0) is 14.7. The lowest BCUT2D eigenvalue weighted by Gasteiger charge is -2.28. The Labute approximate surface area is 120 Å². The van der Waals surface area contributed by atoms with Crippen molar-refractivity contribution in [3.8, 4) is 0 Å². The summed E-state index contributed by atoms with van der Waals surface area (Å²) in [6.07, 6.45) is 2.43. The Balaban J connectivity index is 2.10. The normalized spacial score (nSPS) is 23.2. The molecule has 1 aromatic rings. The molecule has 20 heavy (non-hydrogen) atoms. The van der Waals surface area contributed by atoms with E-state index in [4.69, 9.17) is 5.73 Å². The highest BCUT2D eigenvalue weighted by atomic mass is 16.2. The molecule has 1 saturated heterocycles. The number of amides is 1. The van der Waals surface area contributed by atoms with Gasteiger partial charge in [-0.05, 0) is 27.2 Å². The van der Waals surface area contributed by atoms with E-state index < -0.39 is 0 Å². The number of likely N-dealkylation sites (N-methyl/N-ethyl adjacent to an activating group) is 1. The van der Waals surface area contributed by atoms with Crippen LogP contribution in [0.1, 0.15) is 31.7 Å². The molecule has 0 aromatic carbocycles. The second-order valence-corrected chi connectivity index (χ2v) is 5.43. The lowest BCUT2D eigenvalue weighted by molar-refractivity contribution is -0.135. The van der Waals surface area contributed by atoms with Gasteiger partial charge in [0, 0.05) is 37.9 Å². The van der Waals surface area contributed by atoms with Gasteiger partial charge in [-0.25, -0.2) is 4.98 Å². The maximum absolute atomic E-state index is 12.6. The number of aromatic amines is 1. The number of H-pyrrole nitrogens is 1. The summed E-state index contributed by atoms with van der Waals surface area (Å²) in [6, 6.07) is -0.0419. The summed E-state index contributed by atoms with van der Waals surface area (Å²) in [4.78, 5) is 24.0. The summed E-state index contributed by atoms with van der Waals surface area (Å²) >= 11 is 0. The van der Waals surface area contributed by atoms with Gasteiger partial charge in [-0.2, -0.15) is 0 Å². The third-order valence-electron chi connectivity index (χ3n) is 4.08. The van der Waals surface area contributed by atoms with Crippen LogP contribution >= 0.6 is 0 Å². The Hall–Kier alpha value is -1.40. The van der Waals surface area contributed by atoms with E-state index in [9.17, 15) is 4.79 Å². The molecule has 1 amide bonds. The maximum Gasteiger partial charge on any atom is 0.239 e. The fourth-order valence-electron chi connectivity index (χ4n) is 2.86. The Morgan fingerprint density at radius 1 is 1.55 bits per heavy atom. The topological polar surface area (TPSA) is 78.2 Å². The van der Waals surface area contributed by atoms with Crippen LogP contribution in [0.4, 0.5) is 0 Å². The van der Waals surface area contributed by atoms with Crippen LogP contribution in [0, 0.1) is 6.92 Å². The van der Waals surface area contributed by atoms with Gasteiger partial charge >= 0.3 is 0 Å². The summed E-state index contributed by atoms with van der Waals surface area (Å²) in [6.45, 7) is 8.95. The Kier molecular flexibility index (Phi) is 4.77. The van der Waals surface area contributed by atoms with Crippen LogP contribution in [0.2, 0.25) is 0 Å². The average molecular weight is 279 g/mol. The first-order chi connectivity index (χ1) is 9.56. The number of nitrogens with one attached hydrogen (secondary N) is 1. The van der Waals surface area contributed by atoms with Crippen LogP contribution in [0.5, 0.6) is 0 Å². The molecule has 6 heteroatoms. The summed E-state index contributed by atoms with van der Waals surface area (Å²) in [7, 11) is 0. The van der Waals surface area contributed by atoms with Gasteiger partial charge in [0.2, 0.25) is 5.91 Å². The molecule has 0 spiro atoms. The first kappa shape index (κ1) is 15.0. The minimum absolute atomic E-state index is 0.0683. The number of nitrogens with zero attached hydrogens (tertiary/aromatic N) is 3. The van der Waals surface area contributed by atoms with Crippen LogP contribution in [-0.2, 0) is 11.3 Å². The predicted molar refractivity (Wildman–Crippen MR) is 78.0 cm³/mol. The van der Waals surface area contributed by atoms with Crippen molar-refractivity contribution < 1.29 is 4.79 Å². The quantitative estimate of drug-likeness (QED) is 0.822. The Morgan fingerprint density at radius 3 is 2.80 bits per heavy atom. The van der Waals surface area contributed by atoms with E-state index in [-0.39, 0.29) is 18.0 Å². The molecule has 1 fully saturated rings. The number of hydrogen-bond acceptors (Lipinski definition) is 4. The molecule has 0 saturated carbocycles. The number of rotatable bonds is 5. The third-order valence-corrected chi connectivity index (χ3v) is 4.08. The molecule has 2 heterocycles. The summed E-state index contributed by atoms with van der Waals surface area (Å²) in [5.74, 6) is 0.191. The Morgan fingerprint density at radius 2 is 2.25 bits per heavy atom. The predicted octanol–water partition coefficient (Wildman–Crippen LogP) is 0.488. The van der Waals surface area contributed by atoms with Crippen LogP contribution in [0.3, 0.4) is 0 Å². The van der Waals surface area contributed by atoms with Crippen molar-refractivity contribution in [1.82, 2.24) is 19.8 Å². The first-order valence-corrected chi connectivity index (χ1v) is 7.34. The van der Waals surface area contributed by atoms with Crippen molar-refractivity contribution in [1.29, 1.82) is 0 Å². The number of aromatic nitrogens is 2. The van der Waals surface area contributed by atoms with Crippen molar-refractivity contribution in [2.45, 2.75) is 45.8 Å². The second kappa shape index (κ2) is 6.37. The summed E-state index contributed by atoms with van der Waals surface area (Å²) in [5.41, 5.74) is 8.11. The van der Waals surface area contributed by atoms with E-state index >= 15 is 0 Å². The van der Waals surface area contributed by atoms with Crippen LogP contribution in [-0.4, -0.2) is 57.4 Å². The number of hydrogen-bond donors (Lipinski definition) is 2. The fraction of sp³-hybridized carbons (Fsp3) is 0.714. The van der Waals surface area contributed by atoms with Crippen molar-refractivity contribution in [3.63, 3.8) is 0 Å². The van der Waals surface area contributed by atoms with Gasteiger partial charge in [-0.15, -0.1) is 0 Å². The molecule has 1 aliphatic rings. The molecule has 2 rings (SSSR count). The number of nitrogens with two attached hydrogens (primary N) is 1. The highest BCUT2D eigenvalue weighted by Gasteiger charge is 2.37. The van der Waals surface area contributed by atoms with Gasteiger partial charge in [0.05, 0.1) is 18.1 Å². The molecule has 2 atom stereocenters. The molecule has 0 unspecified atom stereocenters. The van der Waals surface area contributed by atoms with Gasteiger partial charge in [-0.3, -0.25) is 9.69 Å². The molecule has 0 radical (unpaired) electrons. The van der Waals surface area contributed by atoms with Gasteiger partial charge in [-0.1, -0.05) is 0 Å². The molecule has 0 bridgehead atoms. The first-order valence-electron chi connectivity index (χ1n) is 7.34. The average Bonchev–Trinajstić information content (AvgIpc) is 2.98. The molecule has 1 aliphatic heterocycles. The Bertz CT molecular complexity index is 454. The molecular weight excluding hydrogens is 254 g/mol. The standard InChI is InChI=1S/C14H25N5O/c1-4-18(5-2)14(20)13-6-11(15)7-19(13)8-12-10(3)16-9-17-12/h9,11,13H,4-8,15H2,1-3H3,(H,16,17)/t11-,13+/m1/s1. The lowest BCUT2D eigenvalue weighted by Crippen LogP contribution is -2.45. The highest BCUT2D eigenvalue weighted by molar-refractivity contribution is 5.82. The molecule has 112 valence electrons. The van der Waals surface area contributed by atoms with E-state index in [0.717, 1.165) is 37.4 Å². The summed E-state index contributed by atoms with van der Waals surface area (Å²) < 4.78 is 0. The van der Waals surface area contributed by atoms with Crippen molar-refractivity contribution >= 4 is 5.91 Å². The number of carbonyl (C=O) groups is 1. The van der Waals surface area contributed by atoms with E-state index in [1.807, 2.05) is 25.7 Å².